The van der Waals surface area contributed by atoms with Crippen molar-refractivity contribution in [1.82, 2.24) is 20.4 Å². The van der Waals surface area contributed by atoms with Gasteiger partial charge in [0.1, 0.15) is 11.1 Å². The van der Waals surface area contributed by atoms with Crippen LogP contribution < -0.4 is 10.2 Å². The lowest BCUT2D eigenvalue weighted by Crippen LogP contribution is -2.62. The van der Waals surface area contributed by atoms with E-state index in [-0.39, 0.29) is 11.6 Å². The minimum absolute atomic E-state index is 0.0678. The molecule has 3 heterocycles. The molecule has 1 spiro atoms. The standard InChI is InChI=1S/C14H21N5O2S/c20-12(16-11-2-3-11)18-6-7-21-14(8-18)4-1-5-19(9-14)13-17-15-10-22-13/h10-11H,1-9H2,(H,16,20)/t14-/m0/s1. The summed E-state index contributed by atoms with van der Waals surface area (Å²) in [6.07, 6.45) is 4.28. The second-order valence-electron chi connectivity index (χ2n) is 6.42. The van der Waals surface area contributed by atoms with Gasteiger partial charge in [-0.15, -0.1) is 10.2 Å². The summed E-state index contributed by atoms with van der Waals surface area (Å²) in [4.78, 5) is 16.5. The summed E-state index contributed by atoms with van der Waals surface area (Å²) in [5.41, 5.74) is 1.50. The summed E-state index contributed by atoms with van der Waals surface area (Å²) in [5.74, 6) is 0. The molecule has 0 aromatic carbocycles. The van der Waals surface area contributed by atoms with Gasteiger partial charge in [0.15, 0.2) is 0 Å². The lowest BCUT2D eigenvalue weighted by Gasteiger charge is -2.47. The van der Waals surface area contributed by atoms with E-state index in [1.165, 1.54) is 0 Å². The maximum absolute atomic E-state index is 12.3. The van der Waals surface area contributed by atoms with Gasteiger partial charge in [0.25, 0.3) is 0 Å². The number of hydrogen-bond donors (Lipinski definition) is 1. The van der Waals surface area contributed by atoms with E-state index in [2.05, 4.69) is 20.4 Å². The third-order valence-electron chi connectivity index (χ3n) is 4.60. The molecular weight excluding hydrogens is 302 g/mol. The zero-order chi connectivity index (χ0) is 15.0. The van der Waals surface area contributed by atoms with E-state index in [1.54, 1.807) is 16.8 Å². The average molecular weight is 323 g/mol. The highest BCUT2D eigenvalue weighted by molar-refractivity contribution is 7.13. The molecule has 120 valence electrons. The number of aromatic nitrogens is 2. The maximum Gasteiger partial charge on any atom is 0.317 e. The summed E-state index contributed by atoms with van der Waals surface area (Å²) in [5, 5.41) is 12.1. The first kappa shape index (κ1) is 14.2. The van der Waals surface area contributed by atoms with E-state index in [1.807, 2.05) is 4.90 Å². The Morgan fingerprint density at radius 3 is 3.09 bits per heavy atom. The molecule has 0 unspecified atom stereocenters. The molecule has 22 heavy (non-hydrogen) atoms. The topological polar surface area (TPSA) is 70.6 Å². The van der Waals surface area contributed by atoms with Gasteiger partial charge in [-0.1, -0.05) is 11.3 Å². The summed E-state index contributed by atoms with van der Waals surface area (Å²) in [6.45, 7) is 3.73. The lowest BCUT2D eigenvalue weighted by atomic mass is 9.91. The van der Waals surface area contributed by atoms with Crippen LogP contribution in [0.5, 0.6) is 0 Å². The molecule has 4 rings (SSSR count). The number of piperidine rings is 1. The average Bonchev–Trinajstić information content (AvgIpc) is 3.17. The molecule has 2 amide bonds. The van der Waals surface area contributed by atoms with Crippen molar-refractivity contribution in [3.8, 4) is 0 Å². The molecule has 1 atom stereocenters. The number of carbonyl (C=O) groups excluding carboxylic acids is 1. The molecule has 7 nitrogen and oxygen atoms in total. The Hall–Kier alpha value is -1.41. The Morgan fingerprint density at radius 1 is 1.41 bits per heavy atom. The summed E-state index contributed by atoms with van der Waals surface area (Å²) in [7, 11) is 0. The third kappa shape index (κ3) is 2.89. The number of nitrogens with one attached hydrogen (secondary N) is 1. The normalized spacial score (nSPS) is 28.9. The first-order chi connectivity index (χ1) is 10.7. The molecule has 8 heteroatoms. The van der Waals surface area contributed by atoms with E-state index >= 15 is 0 Å². The van der Waals surface area contributed by atoms with Crippen molar-refractivity contribution in [3.05, 3.63) is 5.51 Å². The van der Waals surface area contributed by atoms with Crippen LogP contribution in [-0.4, -0.2) is 65.6 Å². The van der Waals surface area contributed by atoms with E-state index in [0.29, 0.717) is 25.7 Å². The first-order valence-corrected chi connectivity index (χ1v) is 8.83. The van der Waals surface area contributed by atoms with Gasteiger partial charge in [-0.3, -0.25) is 0 Å². The van der Waals surface area contributed by atoms with E-state index in [9.17, 15) is 4.79 Å². The minimum Gasteiger partial charge on any atom is -0.369 e. The number of amides is 2. The Bertz CT molecular complexity index is 531. The third-order valence-corrected chi connectivity index (χ3v) is 5.35. The van der Waals surface area contributed by atoms with Crippen LogP contribution in [0.15, 0.2) is 5.51 Å². The fourth-order valence-electron chi connectivity index (χ4n) is 3.33. The molecule has 2 aliphatic heterocycles. The largest absolute Gasteiger partial charge is 0.369 e. The predicted molar refractivity (Wildman–Crippen MR) is 83.2 cm³/mol. The summed E-state index contributed by atoms with van der Waals surface area (Å²) >= 11 is 1.56. The van der Waals surface area contributed by atoms with Crippen molar-refractivity contribution >= 4 is 22.5 Å². The number of urea groups is 1. The molecule has 1 aliphatic carbocycles. The van der Waals surface area contributed by atoms with Gasteiger partial charge in [0.2, 0.25) is 5.13 Å². The highest BCUT2D eigenvalue weighted by Crippen LogP contribution is 2.32. The van der Waals surface area contributed by atoms with Crippen LogP contribution in [0.3, 0.4) is 0 Å². The van der Waals surface area contributed by atoms with Gasteiger partial charge in [-0.05, 0) is 25.7 Å². The van der Waals surface area contributed by atoms with Crippen molar-refractivity contribution in [1.29, 1.82) is 0 Å². The first-order valence-electron chi connectivity index (χ1n) is 7.95. The van der Waals surface area contributed by atoms with Gasteiger partial charge in [0, 0.05) is 19.1 Å². The molecular formula is C14H21N5O2S. The summed E-state index contributed by atoms with van der Waals surface area (Å²) in [6, 6.07) is 0.466. The van der Waals surface area contributed by atoms with Crippen LogP contribution in [0.4, 0.5) is 9.93 Å². The van der Waals surface area contributed by atoms with Crippen molar-refractivity contribution in [3.63, 3.8) is 0 Å². The molecule has 0 radical (unpaired) electrons. The monoisotopic (exact) mass is 323 g/mol. The van der Waals surface area contributed by atoms with Crippen molar-refractivity contribution in [2.45, 2.75) is 37.3 Å². The van der Waals surface area contributed by atoms with Crippen LogP contribution in [0.2, 0.25) is 0 Å². The molecule has 1 aromatic heterocycles. The zero-order valence-corrected chi connectivity index (χ0v) is 13.3. The molecule has 3 fully saturated rings. The number of ether oxygens (including phenoxy) is 1. The van der Waals surface area contributed by atoms with Crippen LogP contribution in [0.1, 0.15) is 25.7 Å². The van der Waals surface area contributed by atoms with Crippen molar-refractivity contribution < 1.29 is 9.53 Å². The van der Waals surface area contributed by atoms with E-state index in [0.717, 1.165) is 43.9 Å². The van der Waals surface area contributed by atoms with Gasteiger partial charge in [-0.25, -0.2) is 4.79 Å². The molecule has 1 aromatic rings. The molecule has 1 saturated carbocycles. The zero-order valence-electron chi connectivity index (χ0n) is 12.5. The second kappa shape index (κ2) is 5.66. The van der Waals surface area contributed by atoms with Gasteiger partial charge in [-0.2, -0.15) is 0 Å². The van der Waals surface area contributed by atoms with Crippen LogP contribution in [0.25, 0.3) is 0 Å². The number of anilines is 1. The number of morpholine rings is 1. The van der Waals surface area contributed by atoms with Gasteiger partial charge in [0.05, 0.1) is 19.7 Å². The predicted octanol–water partition coefficient (Wildman–Crippen LogP) is 1.08. The molecule has 0 bridgehead atoms. The highest BCUT2D eigenvalue weighted by atomic mass is 32.1. The Morgan fingerprint density at radius 2 is 2.32 bits per heavy atom. The Kier molecular flexibility index (Phi) is 3.65. The fourth-order valence-corrected chi connectivity index (χ4v) is 3.91. The lowest BCUT2D eigenvalue weighted by molar-refractivity contribution is -0.103. The van der Waals surface area contributed by atoms with Crippen LogP contribution >= 0.6 is 11.3 Å². The number of nitrogens with zero attached hydrogens (tertiary/aromatic N) is 4. The minimum atomic E-state index is -0.261. The quantitative estimate of drug-likeness (QED) is 0.882. The van der Waals surface area contributed by atoms with Crippen molar-refractivity contribution in [2.75, 3.05) is 37.7 Å². The molecule has 1 N–H and O–H groups in total. The highest BCUT2D eigenvalue weighted by Gasteiger charge is 2.43. The Balaban J connectivity index is 1.44. The molecule has 2 saturated heterocycles. The van der Waals surface area contributed by atoms with E-state index < -0.39 is 0 Å². The van der Waals surface area contributed by atoms with Gasteiger partial charge < -0.3 is 19.9 Å². The van der Waals surface area contributed by atoms with Crippen molar-refractivity contribution in [2.24, 2.45) is 0 Å². The Labute approximate surface area is 133 Å². The van der Waals surface area contributed by atoms with E-state index in [4.69, 9.17) is 4.74 Å². The maximum atomic E-state index is 12.3. The summed E-state index contributed by atoms with van der Waals surface area (Å²) < 4.78 is 6.13. The fraction of sp³-hybridized carbons (Fsp3) is 0.786. The van der Waals surface area contributed by atoms with Crippen LogP contribution in [-0.2, 0) is 4.74 Å². The number of hydrogen-bond acceptors (Lipinski definition) is 6. The van der Waals surface area contributed by atoms with Crippen LogP contribution in [0, 0.1) is 0 Å². The second-order valence-corrected chi connectivity index (χ2v) is 7.23. The number of rotatable bonds is 2. The molecule has 3 aliphatic rings. The number of carbonyl (C=O) groups is 1. The van der Waals surface area contributed by atoms with Gasteiger partial charge >= 0.3 is 6.03 Å². The SMILES string of the molecule is O=C(NC1CC1)N1CCO[C@@]2(CCCN(c3nncs3)C2)C1. The smallest absolute Gasteiger partial charge is 0.317 e.